The van der Waals surface area contributed by atoms with E-state index in [9.17, 15) is 22.8 Å². The van der Waals surface area contributed by atoms with Crippen LogP contribution in [0.2, 0.25) is 0 Å². The first kappa shape index (κ1) is 17.6. The van der Waals surface area contributed by atoms with Gasteiger partial charge in [0.1, 0.15) is 12.6 Å². The number of nitrogens with one attached hydrogen (secondary N) is 1. The quantitative estimate of drug-likeness (QED) is 0.518. The number of ether oxygens (including phenoxy) is 1. The molecule has 0 aromatic heterocycles. The minimum absolute atomic E-state index is 0.0957. The average molecular weight is 351 g/mol. The van der Waals surface area contributed by atoms with Crippen LogP contribution in [0.15, 0.2) is 0 Å². The summed E-state index contributed by atoms with van der Waals surface area (Å²) in [6.45, 7) is -0.260. The summed E-state index contributed by atoms with van der Waals surface area (Å²) < 4.78 is 39.1. The van der Waals surface area contributed by atoms with E-state index >= 15 is 0 Å². The summed E-state index contributed by atoms with van der Waals surface area (Å²) >= 11 is 0. The molecule has 2 atom stereocenters. The van der Waals surface area contributed by atoms with E-state index in [1.165, 1.54) is 7.11 Å². The van der Waals surface area contributed by atoms with Crippen LogP contribution in [0, 0.1) is 0 Å². The summed E-state index contributed by atoms with van der Waals surface area (Å²) in [5.41, 5.74) is 0. The maximum atomic E-state index is 12.1. The number of hydrogen-bond acceptors (Lipinski definition) is 7. The summed E-state index contributed by atoms with van der Waals surface area (Å²) in [6, 6.07) is -2.22. The van der Waals surface area contributed by atoms with Crippen molar-refractivity contribution >= 4 is 28.1 Å². The number of methoxy groups -OCH3 is 1. The van der Waals surface area contributed by atoms with E-state index in [4.69, 9.17) is 4.55 Å². The van der Waals surface area contributed by atoms with Gasteiger partial charge in [-0.25, -0.2) is 4.79 Å². The molecule has 2 aliphatic rings. The number of hydrogen-bond donors (Lipinski definition) is 2. The van der Waals surface area contributed by atoms with Crippen molar-refractivity contribution in [3.63, 3.8) is 0 Å². The van der Waals surface area contributed by atoms with Crippen LogP contribution in [0.3, 0.4) is 0 Å². The van der Waals surface area contributed by atoms with Gasteiger partial charge in [-0.15, -0.1) is 4.28 Å². The van der Waals surface area contributed by atoms with E-state index in [0.29, 0.717) is 11.5 Å². The van der Waals surface area contributed by atoms with Crippen molar-refractivity contribution in [2.24, 2.45) is 0 Å². The molecular weight excluding hydrogens is 334 g/mol. The first-order valence-electron chi connectivity index (χ1n) is 6.78. The lowest BCUT2D eigenvalue weighted by Crippen LogP contribution is -2.50. The number of hydroxylamine groups is 2. The van der Waals surface area contributed by atoms with Crippen LogP contribution in [-0.2, 0) is 29.0 Å². The zero-order valence-electron chi connectivity index (χ0n) is 12.3. The van der Waals surface area contributed by atoms with Gasteiger partial charge < -0.3 is 15.0 Å². The second-order valence-corrected chi connectivity index (χ2v) is 6.20. The highest BCUT2D eigenvalue weighted by molar-refractivity contribution is 7.80. The van der Waals surface area contributed by atoms with Crippen molar-refractivity contribution in [3.05, 3.63) is 0 Å². The second-order valence-electron chi connectivity index (χ2n) is 5.20. The van der Waals surface area contributed by atoms with Crippen molar-refractivity contribution in [1.29, 1.82) is 0 Å². The second kappa shape index (κ2) is 6.78. The summed E-state index contributed by atoms with van der Waals surface area (Å²) in [6.07, 6.45) is 0.605. The lowest BCUT2D eigenvalue weighted by Gasteiger charge is -2.29. The molecule has 3 amide bonds. The Bertz CT molecular complexity index is 606. The molecule has 12 heteroatoms. The average Bonchev–Trinajstić information content (AvgIpc) is 2.69. The predicted octanol–water partition coefficient (Wildman–Crippen LogP) is -1.68. The lowest BCUT2D eigenvalue weighted by molar-refractivity contribution is -0.129. The van der Waals surface area contributed by atoms with E-state index < -0.39 is 34.4 Å². The van der Waals surface area contributed by atoms with Crippen LogP contribution in [0.4, 0.5) is 4.79 Å². The normalized spacial score (nSPS) is 24.0. The number of nitrogens with zero attached hydrogens (tertiary/aromatic N) is 2. The van der Waals surface area contributed by atoms with Crippen molar-refractivity contribution in [2.45, 2.75) is 24.9 Å². The highest BCUT2D eigenvalue weighted by Gasteiger charge is 2.49. The van der Waals surface area contributed by atoms with Gasteiger partial charge >= 0.3 is 16.4 Å². The van der Waals surface area contributed by atoms with E-state index in [-0.39, 0.29) is 31.9 Å². The zero-order chi connectivity index (χ0) is 17.2. The molecule has 11 nitrogen and oxygen atoms in total. The molecule has 0 radical (unpaired) electrons. The Kier molecular flexibility index (Phi) is 5.19. The Hall–Kier alpha value is -1.76. The fourth-order valence-corrected chi connectivity index (χ4v) is 3.01. The van der Waals surface area contributed by atoms with Crippen LogP contribution in [-0.4, -0.2) is 79.5 Å². The summed E-state index contributed by atoms with van der Waals surface area (Å²) in [4.78, 5) is 36.7. The van der Waals surface area contributed by atoms with Gasteiger partial charge in [0.05, 0.1) is 12.6 Å². The van der Waals surface area contributed by atoms with E-state index in [2.05, 4.69) is 14.3 Å². The first-order chi connectivity index (χ1) is 10.7. The monoisotopic (exact) mass is 351 g/mol. The summed E-state index contributed by atoms with van der Waals surface area (Å²) in [7, 11) is -3.47. The van der Waals surface area contributed by atoms with Gasteiger partial charge in [0.15, 0.2) is 5.78 Å². The third-order valence-corrected chi connectivity index (χ3v) is 3.91. The van der Waals surface area contributed by atoms with Gasteiger partial charge in [0, 0.05) is 13.7 Å². The molecule has 0 spiro atoms. The number of piperidine rings is 1. The molecule has 0 aromatic rings. The molecule has 0 aromatic carbocycles. The van der Waals surface area contributed by atoms with E-state index in [1.54, 1.807) is 0 Å². The maximum absolute atomic E-state index is 12.1. The number of rotatable bonds is 7. The van der Waals surface area contributed by atoms with Gasteiger partial charge in [-0.2, -0.15) is 13.5 Å². The summed E-state index contributed by atoms with van der Waals surface area (Å²) in [5, 5.41) is 2.97. The number of ketones is 1. The Balaban J connectivity index is 1.98. The Morgan fingerprint density at radius 2 is 2.09 bits per heavy atom. The number of carbonyl (C=O) groups is 3. The Morgan fingerprint density at radius 3 is 2.70 bits per heavy atom. The first-order valence-corrected chi connectivity index (χ1v) is 8.14. The third-order valence-electron chi connectivity index (χ3n) is 3.57. The third kappa shape index (κ3) is 4.16. The predicted molar refractivity (Wildman–Crippen MR) is 73.3 cm³/mol. The molecule has 0 saturated carbocycles. The molecule has 23 heavy (non-hydrogen) atoms. The van der Waals surface area contributed by atoms with Gasteiger partial charge in [-0.3, -0.25) is 14.1 Å². The number of amides is 3. The number of carbonyl (C=O) groups excluding carboxylic acids is 3. The van der Waals surface area contributed by atoms with Gasteiger partial charge in [-0.05, 0) is 12.8 Å². The molecule has 0 unspecified atom stereocenters. The minimum atomic E-state index is -4.83. The standard InChI is InChI=1S/C11H17N3O8S/c1-21-6-8(15)4-12-10(16)9-3-2-7-5-13(9)11(17)14(7)22-23(18,19)20/h7,9H,2-6H2,1H3,(H,12,16)(H,18,19,20)/t7-,9+/m1/s1. The van der Waals surface area contributed by atoms with Crippen LogP contribution in [0.1, 0.15) is 12.8 Å². The molecule has 2 bridgehead atoms. The molecule has 2 heterocycles. The fourth-order valence-electron chi connectivity index (χ4n) is 2.62. The Labute approximate surface area is 132 Å². The van der Waals surface area contributed by atoms with Gasteiger partial charge in [0.25, 0.3) is 0 Å². The molecule has 0 aliphatic carbocycles. The largest absolute Gasteiger partial charge is 0.418 e. The van der Waals surface area contributed by atoms with Crippen molar-refractivity contribution in [1.82, 2.24) is 15.3 Å². The maximum Gasteiger partial charge on any atom is 0.418 e. The molecule has 2 N–H and O–H groups in total. The summed E-state index contributed by atoms with van der Waals surface area (Å²) in [5.74, 6) is -0.839. The van der Waals surface area contributed by atoms with Gasteiger partial charge in [-0.1, -0.05) is 0 Å². The van der Waals surface area contributed by atoms with Crippen LogP contribution >= 0.6 is 0 Å². The molecule has 2 rings (SSSR count). The minimum Gasteiger partial charge on any atom is -0.377 e. The Morgan fingerprint density at radius 1 is 1.39 bits per heavy atom. The topological polar surface area (TPSA) is 143 Å². The molecule has 2 aliphatic heterocycles. The number of fused-ring (bicyclic) bond motifs is 2. The highest BCUT2D eigenvalue weighted by atomic mass is 32.3. The van der Waals surface area contributed by atoms with Gasteiger partial charge in [0.2, 0.25) is 5.91 Å². The smallest absolute Gasteiger partial charge is 0.377 e. The SMILES string of the molecule is COCC(=O)CNC(=O)[C@@H]1CC[C@@H]2CN1C(=O)N2OS(=O)(=O)O. The van der Waals surface area contributed by atoms with Crippen LogP contribution in [0.25, 0.3) is 0 Å². The lowest BCUT2D eigenvalue weighted by atomic mass is 10.0. The van der Waals surface area contributed by atoms with E-state index in [0.717, 1.165) is 4.90 Å². The molecule has 130 valence electrons. The molecule has 2 saturated heterocycles. The van der Waals surface area contributed by atoms with Crippen LogP contribution in [0.5, 0.6) is 0 Å². The number of Topliss-reactive ketones (excluding diaryl/α,β-unsaturated/α-hetero) is 1. The zero-order valence-corrected chi connectivity index (χ0v) is 13.1. The fraction of sp³-hybridized carbons (Fsp3) is 0.727. The number of urea groups is 1. The van der Waals surface area contributed by atoms with Crippen molar-refractivity contribution < 1.29 is 36.4 Å². The molecular formula is C11H17N3O8S. The molecule has 2 fully saturated rings. The van der Waals surface area contributed by atoms with Crippen LogP contribution < -0.4 is 5.32 Å². The highest BCUT2D eigenvalue weighted by Crippen LogP contribution is 2.30. The van der Waals surface area contributed by atoms with Crippen molar-refractivity contribution in [3.8, 4) is 0 Å². The van der Waals surface area contributed by atoms with Crippen molar-refractivity contribution in [2.75, 3.05) is 26.8 Å². The van der Waals surface area contributed by atoms with E-state index in [1.807, 2.05) is 0 Å².